The molecule has 0 aliphatic heterocycles. The summed E-state index contributed by atoms with van der Waals surface area (Å²) in [4.78, 5) is 25.3. The van der Waals surface area contributed by atoms with Crippen molar-refractivity contribution in [1.29, 1.82) is 0 Å². The number of rotatable bonds is 3. The Hall–Kier alpha value is -1.26. The van der Waals surface area contributed by atoms with Gasteiger partial charge >= 0.3 is 6.09 Å². The van der Waals surface area contributed by atoms with Crippen molar-refractivity contribution in [3.63, 3.8) is 0 Å². The van der Waals surface area contributed by atoms with Crippen molar-refractivity contribution < 1.29 is 14.3 Å². The third-order valence-electron chi connectivity index (χ3n) is 6.32. The molecule has 0 aromatic heterocycles. The van der Waals surface area contributed by atoms with Gasteiger partial charge in [0.2, 0.25) is 5.91 Å². The minimum absolute atomic E-state index is 0.0687. The van der Waals surface area contributed by atoms with Crippen LogP contribution in [0.4, 0.5) is 4.79 Å². The topological polar surface area (TPSA) is 67.4 Å². The van der Waals surface area contributed by atoms with Gasteiger partial charge in [-0.25, -0.2) is 4.79 Å². The molecular formula is C21H36N2O3. The molecule has 4 rings (SSSR count). The Labute approximate surface area is 158 Å². The second kappa shape index (κ2) is 6.72. The van der Waals surface area contributed by atoms with Crippen molar-refractivity contribution >= 4 is 12.0 Å². The van der Waals surface area contributed by atoms with Gasteiger partial charge in [0.05, 0.1) is 0 Å². The van der Waals surface area contributed by atoms with Crippen LogP contribution in [0.15, 0.2) is 0 Å². The largest absolute Gasteiger partial charge is 0.444 e. The predicted octanol–water partition coefficient (Wildman–Crippen LogP) is 3.87. The fraction of sp³-hybridized carbons (Fsp3) is 0.905. The van der Waals surface area contributed by atoms with Crippen molar-refractivity contribution in [1.82, 2.24) is 10.6 Å². The number of hydrogen-bond donors (Lipinski definition) is 2. The molecule has 0 spiro atoms. The highest BCUT2D eigenvalue weighted by molar-refractivity contribution is 5.86. The third-order valence-corrected chi connectivity index (χ3v) is 6.32. The van der Waals surface area contributed by atoms with Crippen LogP contribution < -0.4 is 10.6 Å². The van der Waals surface area contributed by atoms with Crippen LogP contribution in [0.25, 0.3) is 0 Å². The molecule has 2 amide bonds. The SMILES string of the molecule is CC(C)(C)OC(=O)NC(C(=O)NC1C2CC3CC(C2)CC1C3)C(C)(C)C. The van der Waals surface area contributed by atoms with E-state index in [1.54, 1.807) is 0 Å². The highest BCUT2D eigenvalue weighted by Gasteiger charge is 2.49. The van der Waals surface area contributed by atoms with Crippen molar-refractivity contribution in [2.45, 2.75) is 91.3 Å². The van der Waals surface area contributed by atoms with Crippen molar-refractivity contribution in [3.8, 4) is 0 Å². The van der Waals surface area contributed by atoms with E-state index in [0.717, 1.165) is 11.8 Å². The first kappa shape index (κ1) is 19.5. The molecule has 5 heteroatoms. The number of ether oxygens (including phenoxy) is 1. The zero-order chi connectivity index (χ0) is 19.3. The molecule has 148 valence electrons. The Morgan fingerprint density at radius 3 is 1.81 bits per heavy atom. The fourth-order valence-corrected chi connectivity index (χ4v) is 5.51. The van der Waals surface area contributed by atoms with Gasteiger partial charge in [-0.2, -0.15) is 0 Å². The van der Waals surface area contributed by atoms with Crippen LogP contribution in [-0.2, 0) is 9.53 Å². The van der Waals surface area contributed by atoms with Gasteiger partial charge in [-0.1, -0.05) is 20.8 Å². The maximum absolute atomic E-state index is 13.1. The molecule has 0 aromatic rings. The Balaban J connectivity index is 1.65. The second-order valence-electron chi connectivity index (χ2n) is 10.9. The minimum Gasteiger partial charge on any atom is -0.444 e. The Morgan fingerprint density at radius 2 is 1.38 bits per heavy atom. The summed E-state index contributed by atoms with van der Waals surface area (Å²) in [7, 11) is 0. The van der Waals surface area contributed by atoms with Crippen LogP contribution in [0.2, 0.25) is 0 Å². The van der Waals surface area contributed by atoms with Crippen molar-refractivity contribution in [3.05, 3.63) is 0 Å². The standard InChI is InChI=1S/C21H36N2O3/c1-20(2,3)17(23-19(25)26-21(4,5)6)18(24)22-16-14-8-12-7-13(10-14)11-15(16)9-12/h12-17H,7-11H2,1-6H3,(H,22,24)(H,23,25). The highest BCUT2D eigenvalue weighted by atomic mass is 16.6. The summed E-state index contributed by atoms with van der Waals surface area (Å²) in [5.74, 6) is 2.93. The Kier molecular flexibility index (Phi) is 5.04. The molecule has 4 bridgehead atoms. The van der Waals surface area contributed by atoms with Crippen molar-refractivity contribution in [2.24, 2.45) is 29.1 Å². The average molecular weight is 365 g/mol. The molecule has 0 aromatic carbocycles. The number of hydrogen-bond acceptors (Lipinski definition) is 3. The van der Waals surface area contributed by atoms with Gasteiger partial charge in [0, 0.05) is 6.04 Å². The van der Waals surface area contributed by atoms with Crippen LogP contribution in [-0.4, -0.2) is 29.7 Å². The summed E-state index contributed by atoms with van der Waals surface area (Å²) in [5, 5.41) is 6.14. The third kappa shape index (κ3) is 4.34. The van der Waals surface area contributed by atoms with Gasteiger partial charge < -0.3 is 15.4 Å². The van der Waals surface area contributed by atoms with Crippen LogP contribution in [0.5, 0.6) is 0 Å². The number of nitrogens with one attached hydrogen (secondary N) is 2. The zero-order valence-electron chi connectivity index (χ0n) is 17.2. The zero-order valence-corrected chi connectivity index (χ0v) is 17.2. The van der Waals surface area contributed by atoms with Gasteiger partial charge in [0.15, 0.2) is 0 Å². The van der Waals surface area contributed by atoms with Crippen LogP contribution in [0.3, 0.4) is 0 Å². The van der Waals surface area contributed by atoms with Gasteiger partial charge in [-0.3, -0.25) is 4.79 Å². The molecule has 0 heterocycles. The summed E-state index contributed by atoms with van der Waals surface area (Å²) >= 11 is 0. The number of alkyl carbamates (subject to hydrolysis) is 1. The van der Waals surface area contributed by atoms with Crippen LogP contribution in [0, 0.1) is 29.1 Å². The lowest BCUT2D eigenvalue weighted by Crippen LogP contribution is -2.61. The first-order valence-corrected chi connectivity index (χ1v) is 10.2. The highest BCUT2D eigenvalue weighted by Crippen LogP contribution is 2.53. The minimum atomic E-state index is -0.602. The average Bonchev–Trinajstić information content (AvgIpc) is 2.44. The lowest BCUT2D eigenvalue weighted by Gasteiger charge is -2.54. The van der Waals surface area contributed by atoms with Gasteiger partial charge in [-0.05, 0) is 82.0 Å². The Bertz CT molecular complexity index is 531. The van der Waals surface area contributed by atoms with Crippen LogP contribution >= 0.6 is 0 Å². The molecule has 4 aliphatic rings. The number of carbonyl (C=O) groups excluding carboxylic acids is 2. The monoisotopic (exact) mass is 364 g/mol. The van der Waals surface area contributed by atoms with E-state index in [-0.39, 0.29) is 17.4 Å². The van der Waals surface area contributed by atoms with E-state index < -0.39 is 17.7 Å². The number of amides is 2. The predicted molar refractivity (Wildman–Crippen MR) is 102 cm³/mol. The van der Waals surface area contributed by atoms with E-state index in [4.69, 9.17) is 4.74 Å². The Morgan fingerprint density at radius 1 is 0.885 bits per heavy atom. The molecule has 0 radical (unpaired) electrons. The normalized spacial score (nSPS) is 34.3. The summed E-state index contributed by atoms with van der Waals surface area (Å²) < 4.78 is 5.37. The lowest BCUT2D eigenvalue weighted by molar-refractivity contribution is -0.129. The summed E-state index contributed by atoms with van der Waals surface area (Å²) in [6.45, 7) is 11.4. The summed E-state index contributed by atoms with van der Waals surface area (Å²) in [6, 6.07) is -0.324. The lowest BCUT2D eigenvalue weighted by atomic mass is 9.54. The summed E-state index contributed by atoms with van der Waals surface area (Å²) in [5.41, 5.74) is -0.961. The van der Waals surface area contributed by atoms with Gasteiger partial charge in [0.1, 0.15) is 11.6 Å². The molecule has 0 saturated heterocycles. The molecule has 1 unspecified atom stereocenters. The van der Waals surface area contributed by atoms with E-state index in [9.17, 15) is 9.59 Å². The maximum atomic E-state index is 13.1. The molecule has 2 N–H and O–H groups in total. The maximum Gasteiger partial charge on any atom is 0.408 e. The molecule has 4 saturated carbocycles. The number of carbonyl (C=O) groups is 2. The smallest absolute Gasteiger partial charge is 0.408 e. The van der Waals surface area contributed by atoms with Gasteiger partial charge in [-0.15, -0.1) is 0 Å². The van der Waals surface area contributed by atoms with E-state index >= 15 is 0 Å². The van der Waals surface area contributed by atoms with Crippen molar-refractivity contribution in [2.75, 3.05) is 0 Å². The molecule has 5 nitrogen and oxygen atoms in total. The van der Waals surface area contributed by atoms with E-state index in [1.165, 1.54) is 32.1 Å². The second-order valence-corrected chi connectivity index (χ2v) is 10.9. The van der Waals surface area contributed by atoms with E-state index in [1.807, 2.05) is 41.5 Å². The molecule has 1 atom stereocenters. The fourth-order valence-electron chi connectivity index (χ4n) is 5.51. The van der Waals surface area contributed by atoms with Gasteiger partial charge in [0.25, 0.3) is 0 Å². The quantitative estimate of drug-likeness (QED) is 0.799. The molecule has 26 heavy (non-hydrogen) atoms. The first-order valence-electron chi connectivity index (χ1n) is 10.2. The van der Waals surface area contributed by atoms with Crippen LogP contribution in [0.1, 0.15) is 73.6 Å². The van der Waals surface area contributed by atoms with E-state index in [2.05, 4.69) is 10.6 Å². The molecule has 4 aliphatic carbocycles. The summed E-state index contributed by atoms with van der Waals surface area (Å²) in [6.07, 6.45) is 5.92. The first-order chi connectivity index (χ1) is 11.9. The molecular weight excluding hydrogens is 328 g/mol. The van der Waals surface area contributed by atoms with E-state index in [0.29, 0.717) is 11.8 Å². The molecule has 4 fully saturated rings.